The van der Waals surface area contributed by atoms with Gasteiger partial charge in [-0.15, -0.1) is 12.6 Å². The lowest BCUT2D eigenvalue weighted by atomic mass is 10.4. The third-order valence-corrected chi connectivity index (χ3v) is 1.74. The van der Waals surface area contributed by atoms with Crippen molar-refractivity contribution in [3.8, 4) is 0 Å². The maximum Gasteiger partial charge on any atom is 0.226 e. The van der Waals surface area contributed by atoms with Crippen LogP contribution in [0.15, 0.2) is 35.2 Å². The number of aromatic nitrogens is 3. The van der Waals surface area contributed by atoms with Crippen molar-refractivity contribution in [2.75, 3.05) is 17.2 Å². The summed E-state index contributed by atoms with van der Waals surface area (Å²) in [5.74, 6) is 0.125. The van der Waals surface area contributed by atoms with Gasteiger partial charge in [0.2, 0.25) is 24.3 Å². The predicted octanol–water partition coefficient (Wildman–Crippen LogP) is -0.305. The molecule has 0 aliphatic heterocycles. The number of amides is 1. The molecule has 0 spiro atoms. The number of thiol groups is 1. The summed E-state index contributed by atoms with van der Waals surface area (Å²) in [6.45, 7) is 0. The molecular weight excluding hydrogens is 266 g/mol. The summed E-state index contributed by atoms with van der Waals surface area (Å²) < 4.78 is 0. The molecule has 0 atom stereocenters. The first-order valence-electron chi connectivity index (χ1n) is 4.91. The third-order valence-electron chi connectivity index (χ3n) is 1.44. The van der Waals surface area contributed by atoms with E-state index in [1.807, 2.05) is 30.3 Å². The Labute approximate surface area is 115 Å². The average molecular weight is 281 g/mol. The predicted molar refractivity (Wildman–Crippen MR) is 77.0 cm³/mol. The molecule has 0 aliphatic carbocycles. The molecule has 1 heterocycles. The fraction of sp³-hybridized carbons (Fsp3) is 0. The summed E-state index contributed by atoms with van der Waals surface area (Å²) in [5, 5.41) is 0. The van der Waals surface area contributed by atoms with E-state index in [0.717, 1.165) is 4.90 Å². The van der Waals surface area contributed by atoms with Crippen LogP contribution in [-0.4, -0.2) is 21.4 Å². The van der Waals surface area contributed by atoms with Crippen LogP contribution >= 0.6 is 12.6 Å². The van der Waals surface area contributed by atoms with Crippen LogP contribution in [0.3, 0.4) is 0 Å². The normalized spacial score (nSPS) is 8.26. The van der Waals surface area contributed by atoms with Crippen molar-refractivity contribution in [1.29, 1.82) is 0 Å². The molecule has 9 heteroatoms. The number of anilines is 3. The molecule has 2 aromatic rings. The minimum absolute atomic E-state index is 0.0417. The van der Waals surface area contributed by atoms with Gasteiger partial charge >= 0.3 is 0 Å². The molecule has 8 N–H and O–H groups in total. The van der Waals surface area contributed by atoms with Gasteiger partial charge in [0, 0.05) is 4.90 Å². The zero-order valence-electron chi connectivity index (χ0n) is 9.97. The number of nitrogens with two attached hydrogens (primary N) is 4. The number of nitrogens with zero attached hydrogens (tertiary/aromatic N) is 3. The molecule has 0 bridgehead atoms. The minimum atomic E-state index is 0.0417. The number of hydrogen-bond acceptors (Lipinski definition) is 8. The van der Waals surface area contributed by atoms with E-state index in [-0.39, 0.29) is 24.3 Å². The molecule has 102 valence electrons. The highest BCUT2D eigenvalue weighted by Gasteiger charge is 1.93. The quantitative estimate of drug-likeness (QED) is 0.327. The molecular formula is C10H15N7OS. The highest BCUT2D eigenvalue weighted by molar-refractivity contribution is 7.80. The molecule has 19 heavy (non-hydrogen) atoms. The van der Waals surface area contributed by atoms with Gasteiger partial charge < -0.3 is 22.9 Å². The van der Waals surface area contributed by atoms with Crippen LogP contribution in [-0.2, 0) is 4.79 Å². The lowest BCUT2D eigenvalue weighted by Gasteiger charge is -1.93. The summed E-state index contributed by atoms with van der Waals surface area (Å²) >= 11 is 4.08. The second kappa shape index (κ2) is 9.48. The van der Waals surface area contributed by atoms with E-state index in [1.165, 1.54) is 0 Å². The molecule has 0 saturated carbocycles. The monoisotopic (exact) mass is 281 g/mol. The van der Waals surface area contributed by atoms with Crippen LogP contribution in [0.4, 0.5) is 17.8 Å². The minimum Gasteiger partial charge on any atom is -0.372 e. The van der Waals surface area contributed by atoms with Crippen molar-refractivity contribution >= 4 is 36.9 Å². The highest BCUT2D eigenvalue weighted by atomic mass is 32.1. The lowest BCUT2D eigenvalue weighted by molar-refractivity contribution is -0.106. The lowest BCUT2D eigenvalue weighted by Crippen LogP contribution is -2.05. The SMILES string of the molecule is NC=O.Nc1nc(N)nc(N)n1.Sc1ccccc1. The molecule has 0 saturated heterocycles. The zero-order chi connectivity index (χ0) is 14.7. The maximum atomic E-state index is 8.58. The molecule has 1 aromatic carbocycles. The number of primary amides is 1. The Morgan fingerprint density at radius 3 is 1.42 bits per heavy atom. The first-order valence-corrected chi connectivity index (χ1v) is 5.36. The third kappa shape index (κ3) is 9.18. The van der Waals surface area contributed by atoms with E-state index in [9.17, 15) is 0 Å². The van der Waals surface area contributed by atoms with Crippen molar-refractivity contribution in [1.82, 2.24) is 15.0 Å². The Kier molecular flexibility index (Phi) is 8.21. The van der Waals surface area contributed by atoms with Gasteiger partial charge in [0.25, 0.3) is 0 Å². The standard InChI is InChI=1S/C6H6S.C3H6N6.CH3NO/c7-6-4-2-1-3-5-6;4-1-7-2(5)9-3(6)8-1;2-1-3/h1-5,7H;(H6,4,5,6,7,8,9);1H,(H2,2,3). The van der Waals surface area contributed by atoms with E-state index < -0.39 is 0 Å². The smallest absolute Gasteiger partial charge is 0.226 e. The number of hydrogen-bond donors (Lipinski definition) is 5. The first-order chi connectivity index (χ1) is 8.99. The Bertz CT molecular complexity index is 444. The summed E-state index contributed by atoms with van der Waals surface area (Å²) in [6.07, 6.45) is 0.250. The molecule has 2 rings (SSSR count). The number of carbonyl (C=O) groups is 1. The van der Waals surface area contributed by atoms with Gasteiger partial charge in [-0.3, -0.25) is 4.79 Å². The molecule has 0 radical (unpaired) electrons. The molecule has 8 nitrogen and oxygen atoms in total. The fourth-order valence-electron chi connectivity index (χ4n) is 0.855. The van der Waals surface area contributed by atoms with Crippen LogP contribution < -0.4 is 22.9 Å². The number of benzene rings is 1. The number of carbonyl (C=O) groups excluding carboxylic acids is 1. The van der Waals surface area contributed by atoms with Crippen LogP contribution in [0.1, 0.15) is 0 Å². The van der Waals surface area contributed by atoms with Crippen molar-refractivity contribution < 1.29 is 4.79 Å². The second-order valence-electron chi connectivity index (χ2n) is 2.88. The van der Waals surface area contributed by atoms with Gasteiger partial charge in [0.05, 0.1) is 0 Å². The van der Waals surface area contributed by atoms with Crippen molar-refractivity contribution in [3.05, 3.63) is 30.3 Å². The second-order valence-corrected chi connectivity index (χ2v) is 3.40. The summed E-state index contributed by atoms with van der Waals surface area (Å²) in [6, 6.07) is 9.79. The summed E-state index contributed by atoms with van der Waals surface area (Å²) in [7, 11) is 0. The van der Waals surface area contributed by atoms with E-state index >= 15 is 0 Å². The van der Waals surface area contributed by atoms with Gasteiger partial charge in [-0.05, 0) is 12.1 Å². The topological polar surface area (TPSA) is 160 Å². The Morgan fingerprint density at radius 1 is 0.895 bits per heavy atom. The van der Waals surface area contributed by atoms with Crippen molar-refractivity contribution in [2.45, 2.75) is 4.90 Å². The molecule has 0 aliphatic rings. The van der Waals surface area contributed by atoms with E-state index in [4.69, 9.17) is 22.0 Å². The Hall–Kier alpha value is -2.55. The largest absolute Gasteiger partial charge is 0.372 e. The number of nitrogen functional groups attached to an aromatic ring is 3. The molecule has 1 aromatic heterocycles. The van der Waals surface area contributed by atoms with Gasteiger partial charge in [0.15, 0.2) is 0 Å². The van der Waals surface area contributed by atoms with Gasteiger partial charge in [-0.25, -0.2) is 0 Å². The van der Waals surface area contributed by atoms with E-state index in [0.29, 0.717) is 0 Å². The summed E-state index contributed by atoms with van der Waals surface area (Å²) in [5.41, 5.74) is 19.6. The zero-order valence-corrected chi connectivity index (χ0v) is 10.9. The Balaban J connectivity index is 0.000000289. The van der Waals surface area contributed by atoms with Crippen LogP contribution in [0.2, 0.25) is 0 Å². The van der Waals surface area contributed by atoms with Gasteiger partial charge in [-0.1, -0.05) is 18.2 Å². The molecule has 0 unspecified atom stereocenters. The average Bonchev–Trinajstić information content (AvgIpc) is 2.29. The van der Waals surface area contributed by atoms with E-state index in [2.05, 4.69) is 33.3 Å². The van der Waals surface area contributed by atoms with Gasteiger partial charge in [-0.2, -0.15) is 15.0 Å². The van der Waals surface area contributed by atoms with Crippen molar-refractivity contribution in [2.24, 2.45) is 5.73 Å². The van der Waals surface area contributed by atoms with Crippen LogP contribution in [0.25, 0.3) is 0 Å². The highest BCUT2D eigenvalue weighted by Crippen LogP contribution is 2.00. The number of rotatable bonds is 0. The van der Waals surface area contributed by atoms with Crippen molar-refractivity contribution in [3.63, 3.8) is 0 Å². The summed E-state index contributed by atoms with van der Waals surface area (Å²) in [4.78, 5) is 20.1. The molecule has 1 amide bonds. The Morgan fingerprint density at radius 2 is 1.21 bits per heavy atom. The van der Waals surface area contributed by atoms with Gasteiger partial charge in [0.1, 0.15) is 0 Å². The molecule has 0 fully saturated rings. The van der Waals surface area contributed by atoms with Crippen LogP contribution in [0, 0.1) is 0 Å². The maximum absolute atomic E-state index is 8.58. The fourth-order valence-corrected chi connectivity index (χ4v) is 1.03. The van der Waals surface area contributed by atoms with Crippen LogP contribution in [0.5, 0.6) is 0 Å². The van der Waals surface area contributed by atoms with E-state index in [1.54, 1.807) is 0 Å². The first kappa shape index (κ1) is 16.5.